The topological polar surface area (TPSA) is 49.8 Å². The maximum Gasteiger partial charge on any atom is 0.410 e. The van der Waals surface area contributed by atoms with E-state index in [4.69, 9.17) is 4.74 Å². The highest BCUT2D eigenvalue weighted by molar-refractivity contribution is 5.68. The minimum Gasteiger partial charge on any atom is -0.444 e. The van der Waals surface area contributed by atoms with Gasteiger partial charge in [-0.15, -0.1) is 0 Å². The average Bonchev–Trinajstić information content (AvgIpc) is 3.21. The number of amides is 1. The lowest BCUT2D eigenvalue weighted by molar-refractivity contribution is 0.0133. The van der Waals surface area contributed by atoms with Gasteiger partial charge in [-0.1, -0.05) is 30.3 Å². The highest BCUT2D eigenvalue weighted by Crippen LogP contribution is 2.31. The molecule has 1 aromatic carbocycles. The third-order valence-electron chi connectivity index (χ3n) is 3.40. The minimum atomic E-state index is -0.683. The van der Waals surface area contributed by atoms with Crippen molar-refractivity contribution in [1.29, 1.82) is 0 Å². The summed E-state index contributed by atoms with van der Waals surface area (Å²) in [6.07, 6.45) is 1.28. The van der Waals surface area contributed by atoms with Crippen molar-refractivity contribution in [2.24, 2.45) is 5.92 Å². The summed E-state index contributed by atoms with van der Waals surface area (Å²) in [5.41, 5.74) is 0.304. The summed E-state index contributed by atoms with van der Waals surface area (Å²) in [6.45, 7) is 6.50. The van der Waals surface area contributed by atoms with Gasteiger partial charge in [-0.2, -0.15) is 0 Å². The molecule has 2 rings (SSSR count). The van der Waals surface area contributed by atoms with E-state index in [9.17, 15) is 9.90 Å². The van der Waals surface area contributed by atoms with Crippen LogP contribution in [0, 0.1) is 5.92 Å². The monoisotopic (exact) mass is 291 g/mol. The van der Waals surface area contributed by atoms with Crippen LogP contribution in [-0.2, 0) is 4.74 Å². The van der Waals surface area contributed by atoms with Gasteiger partial charge >= 0.3 is 6.09 Å². The van der Waals surface area contributed by atoms with E-state index in [2.05, 4.69) is 0 Å². The molecule has 1 aliphatic carbocycles. The number of hydrogen-bond acceptors (Lipinski definition) is 3. The normalized spacial score (nSPS) is 16.4. The van der Waals surface area contributed by atoms with E-state index >= 15 is 0 Å². The van der Waals surface area contributed by atoms with E-state index in [1.54, 1.807) is 4.90 Å². The largest absolute Gasteiger partial charge is 0.444 e. The number of benzene rings is 1. The van der Waals surface area contributed by atoms with E-state index < -0.39 is 11.7 Å². The van der Waals surface area contributed by atoms with Crippen LogP contribution >= 0.6 is 0 Å². The van der Waals surface area contributed by atoms with Crippen molar-refractivity contribution >= 4 is 6.09 Å². The van der Waals surface area contributed by atoms with Crippen LogP contribution in [0.15, 0.2) is 30.3 Å². The van der Waals surface area contributed by atoms with Crippen LogP contribution in [0.5, 0.6) is 0 Å². The van der Waals surface area contributed by atoms with Gasteiger partial charge in [0.25, 0.3) is 0 Å². The number of carbonyl (C=O) groups excluding carboxylic acids is 1. The Morgan fingerprint density at radius 1 is 1.33 bits per heavy atom. The molecule has 1 fully saturated rings. The molecule has 0 aromatic heterocycles. The molecule has 4 heteroatoms. The lowest BCUT2D eigenvalue weighted by Gasteiger charge is -2.29. The summed E-state index contributed by atoms with van der Waals surface area (Å²) in [7, 11) is 0. The maximum atomic E-state index is 12.3. The van der Waals surface area contributed by atoms with Crippen LogP contribution in [0.25, 0.3) is 0 Å². The smallest absolute Gasteiger partial charge is 0.410 e. The molecule has 0 unspecified atom stereocenters. The summed E-state index contributed by atoms with van der Waals surface area (Å²) in [5, 5.41) is 10.3. The SMILES string of the molecule is CC(C)(C)OC(=O)N(CC1CC1)C[C@H](O)c1ccccc1. The van der Waals surface area contributed by atoms with Gasteiger partial charge in [-0.05, 0) is 45.1 Å². The fraction of sp³-hybridized carbons (Fsp3) is 0.588. The Bertz CT molecular complexity index is 463. The molecule has 4 nitrogen and oxygen atoms in total. The van der Waals surface area contributed by atoms with Crippen molar-refractivity contribution in [2.75, 3.05) is 13.1 Å². The zero-order chi connectivity index (χ0) is 15.5. The summed E-state index contributed by atoms with van der Waals surface area (Å²) in [6, 6.07) is 9.42. The van der Waals surface area contributed by atoms with Gasteiger partial charge in [0.1, 0.15) is 5.60 Å². The molecule has 1 atom stereocenters. The van der Waals surface area contributed by atoms with Crippen molar-refractivity contribution in [3.8, 4) is 0 Å². The quantitative estimate of drug-likeness (QED) is 0.905. The number of ether oxygens (including phenoxy) is 1. The number of rotatable bonds is 5. The van der Waals surface area contributed by atoms with E-state index in [1.165, 1.54) is 0 Å². The van der Waals surface area contributed by atoms with Crippen molar-refractivity contribution in [3.63, 3.8) is 0 Å². The highest BCUT2D eigenvalue weighted by Gasteiger charge is 2.30. The second-order valence-corrected chi connectivity index (χ2v) is 6.76. The predicted octanol–water partition coefficient (Wildman–Crippen LogP) is 3.37. The Kier molecular flexibility index (Phi) is 4.88. The summed E-state index contributed by atoms with van der Waals surface area (Å²) >= 11 is 0. The molecule has 0 saturated heterocycles. The van der Waals surface area contributed by atoms with Crippen LogP contribution in [0.4, 0.5) is 4.79 Å². The second kappa shape index (κ2) is 6.48. The van der Waals surface area contributed by atoms with Crippen LogP contribution in [0.2, 0.25) is 0 Å². The Labute approximate surface area is 126 Å². The van der Waals surface area contributed by atoms with E-state index in [0.29, 0.717) is 12.5 Å². The summed E-state index contributed by atoms with van der Waals surface area (Å²) in [4.78, 5) is 13.9. The molecule has 1 N–H and O–H groups in total. The Morgan fingerprint density at radius 3 is 2.48 bits per heavy atom. The molecule has 0 spiro atoms. The van der Waals surface area contributed by atoms with Crippen LogP contribution in [0.1, 0.15) is 45.3 Å². The van der Waals surface area contributed by atoms with Gasteiger partial charge in [-0.25, -0.2) is 4.79 Å². The first-order chi connectivity index (χ1) is 9.85. The number of aliphatic hydroxyl groups is 1. The lowest BCUT2D eigenvalue weighted by Crippen LogP contribution is -2.40. The summed E-state index contributed by atoms with van der Waals surface area (Å²) in [5.74, 6) is 0.556. The van der Waals surface area contributed by atoms with Gasteiger partial charge in [-0.3, -0.25) is 0 Å². The summed E-state index contributed by atoms with van der Waals surface area (Å²) < 4.78 is 5.44. The third-order valence-corrected chi connectivity index (χ3v) is 3.40. The first kappa shape index (κ1) is 15.8. The van der Waals surface area contributed by atoms with Crippen LogP contribution < -0.4 is 0 Å². The molecule has 1 amide bonds. The van der Waals surface area contributed by atoms with Gasteiger partial charge in [0, 0.05) is 6.54 Å². The molecule has 21 heavy (non-hydrogen) atoms. The van der Waals surface area contributed by atoms with Crippen LogP contribution in [0.3, 0.4) is 0 Å². The average molecular weight is 291 g/mol. The highest BCUT2D eigenvalue weighted by atomic mass is 16.6. The van der Waals surface area contributed by atoms with Crippen molar-refractivity contribution in [1.82, 2.24) is 4.90 Å². The lowest BCUT2D eigenvalue weighted by atomic mass is 10.1. The number of hydrogen-bond donors (Lipinski definition) is 1. The maximum absolute atomic E-state index is 12.3. The fourth-order valence-electron chi connectivity index (χ4n) is 2.15. The van der Waals surface area contributed by atoms with Crippen molar-refractivity contribution in [3.05, 3.63) is 35.9 Å². The molecule has 1 aliphatic rings. The molecule has 116 valence electrons. The molecule has 0 aliphatic heterocycles. The standard InChI is InChI=1S/C17H25NO3/c1-17(2,3)21-16(20)18(11-13-9-10-13)12-15(19)14-7-5-4-6-8-14/h4-8,13,15,19H,9-12H2,1-3H3/t15-/m0/s1. The zero-order valence-electron chi connectivity index (χ0n) is 13.1. The molecule has 0 heterocycles. The van der Waals surface area contributed by atoms with E-state index in [0.717, 1.165) is 18.4 Å². The van der Waals surface area contributed by atoms with Gasteiger partial charge in [0.15, 0.2) is 0 Å². The van der Waals surface area contributed by atoms with Crippen molar-refractivity contribution in [2.45, 2.75) is 45.3 Å². The number of nitrogens with zero attached hydrogens (tertiary/aromatic N) is 1. The first-order valence-corrected chi connectivity index (χ1v) is 7.56. The minimum absolute atomic E-state index is 0.273. The van der Waals surface area contributed by atoms with Crippen LogP contribution in [-0.4, -0.2) is 34.8 Å². The number of carbonyl (C=O) groups is 1. The Balaban J connectivity index is 2.00. The van der Waals surface area contributed by atoms with E-state index in [1.807, 2.05) is 51.1 Å². The molecular formula is C17H25NO3. The predicted molar refractivity (Wildman–Crippen MR) is 81.9 cm³/mol. The zero-order valence-corrected chi connectivity index (χ0v) is 13.1. The second-order valence-electron chi connectivity index (χ2n) is 6.76. The molecule has 0 radical (unpaired) electrons. The molecule has 1 aromatic rings. The fourth-order valence-corrected chi connectivity index (χ4v) is 2.15. The number of aliphatic hydroxyl groups excluding tert-OH is 1. The van der Waals surface area contributed by atoms with Crippen molar-refractivity contribution < 1.29 is 14.6 Å². The Hall–Kier alpha value is -1.55. The molecule has 1 saturated carbocycles. The van der Waals surface area contributed by atoms with Gasteiger partial charge < -0.3 is 14.7 Å². The van der Waals surface area contributed by atoms with E-state index in [-0.39, 0.29) is 12.6 Å². The molecular weight excluding hydrogens is 266 g/mol. The van der Waals surface area contributed by atoms with Gasteiger partial charge in [0.2, 0.25) is 0 Å². The third kappa shape index (κ3) is 5.38. The molecule has 0 bridgehead atoms. The Morgan fingerprint density at radius 2 is 1.95 bits per heavy atom. The van der Waals surface area contributed by atoms with Gasteiger partial charge in [0.05, 0.1) is 12.6 Å². The first-order valence-electron chi connectivity index (χ1n) is 7.56.